The standard InChI is InChI=1S/Ca.Cd.2H2S.Zn.2H/h;;2*1H2;;;. The Morgan fingerprint density at radius 3 is 0.800 bits per heavy atom. The van der Waals surface area contributed by atoms with Gasteiger partial charge in [-0.3, -0.25) is 0 Å². The molecule has 0 amide bonds. The monoisotopic (exact) mass is 288 g/mol. The van der Waals surface area contributed by atoms with Crippen LogP contribution in [0.25, 0.3) is 0 Å². The Labute approximate surface area is 109 Å². The molecule has 0 aromatic rings. The summed E-state index contributed by atoms with van der Waals surface area (Å²) in [5, 5.41) is 0. The van der Waals surface area contributed by atoms with E-state index in [1.54, 1.807) is 0 Å². The van der Waals surface area contributed by atoms with Crippen LogP contribution in [0.5, 0.6) is 0 Å². The summed E-state index contributed by atoms with van der Waals surface area (Å²) in [5.74, 6) is 0. The van der Waals surface area contributed by atoms with Gasteiger partial charge in [-0.1, -0.05) is 0 Å². The molecule has 0 aliphatic rings. The minimum absolute atomic E-state index is 0. The van der Waals surface area contributed by atoms with Gasteiger partial charge in [-0.25, -0.2) is 0 Å². The zero-order valence-corrected chi connectivity index (χ0v) is 11.4. The Bertz CT molecular complexity index is 9.61. The van der Waals surface area contributed by atoms with E-state index in [0.29, 0.717) is 0 Å². The second-order valence-corrected chi connectivity index (χ2v) is 0. The Kier molecular flexibility index (Phi) is 202. The van der Waals surface area contributed by atoms with Crippen LogP contribution in [0, 0.1) is 0 Å². The topological polar surface area (TPSA) is 0 Å². The molecule has 0 aliphatic heterocycles. The van der Waals surface area contributed by atoms with Crippen LogP contribution in [0.1, 0.15) is 0 Å². The average Bonchev–Trinajstić information content (AvgIpc) is 0. The Morgan fingerprint density at radius 1 is 0.800 bits per heavy atom. The summed E-state index contributed by atoms with van der Waals surface area (Å²) >= 11 is 0. The van der Waals surface area contributed by atoms with Gasteiger partial charge in [0.05, 0.1) is 0 Å². The zero-order valence-electron chi connectivity index (χ0n) is 2.41. The number of rotatable bonds is 0. The summed E-state index contributed by atoms with van der Waals surface area (Å²) in [5.41, 5.74) is 0. The zero-order chi connectivity index (χ0) is 0. The first-order valence-electron chi connectivity index (χ1n) is 0. The smallest absolute Gasteiger partial charge is 0 e. The fraction of sp³-hybridized carbons (Fsp3) is 0. The van der Waals surface area contributed by atoms with Gasteiger partial charge in [0.25, 0.3) is 0 Å². The van der Waals surface area contributed by atoms with E-state index in [1.807, 2.05) is 0 Å². The molecule has 0 nitrogen and oxygen atoms in total. The summed E-state index contributed by atoms with van der Waals surface area (Å²) < 4.78 is 0. The SMILES string of the molecule is S.S.[CaH2].[Cd].[Zn]. The third-order valence-corrected chi connectivity index (χ3v) is 0. The van der Waals surface area contributed by atoms with Crippen LogP contribution < -0.4 is 0 Å². The van der Waals surface area contributed by atoms with Gasteiger partial charge in [-0.15, -0.1) is 0 Å². The third kappa shape index (κ3) is 18.5. The molecule has 0 saturated carbocycles. The minimum Gasteiger partial charge on any atom is 0 e. The van der Waals surface area contributed by atoms with Crippen LogP contribution in [0.4, 0.5) is 0 Å². The maximum Gasteiger partial charge on any atom is 0 e. The van der Waals surface area contributed by atoms with Gasteiger partial charge in [0.1, 0.15) is 0 Å². The van der Waals surface area contributed by atoms with Crippen LogP contribution in [0.2, 0.25) is 0 Å². The first-order chi connectivity index (χ1) is 0. The molecule has 0 bridgehead atoms. The van der Waals surface area contributed by atoms with Crippen molar-refractivity contribution in [3.05, 3.63) is 0 Å². The molecule has 0 fully saturated rings. The van der Waals surface area contributed by atoms with E-state index in [2.05, 4.69) is 0 Å². The molecule has 0 atom stereocenters. The molecule has 24 valence electrons. The normalized spacial score (nSPS) is 0. The summed E-state index contributed by atoms with van der Waals surface area (Å²) in [4.78, 5) is 0. The molecule has 0 spiro atoms. The molecule has 0 heterocycles. The van der Waals surface area contributed by atoms with Crippen molar-refractivity contribution in [2.45, 2.75) is 0 Å². The molecule has 0 aliphatic carbocycles. The van der Waals surface area contributed by atoms with E-state index in [4.69, 9.17) is 0 Å². The fourth-order valence-corrected chi connectivity index (χ4v) is 0. The molecule has 0 aromatic carbocycles. The summed E-state index contributed by atoms with van der Waals surface area (Å²) in [7, 11) is 0. The maximum atomic E-state index is 0. The van der Waals surface area contributed by atoms with E-state index in [9.17, 15) is 0 Å². The van der Waals surface area contributed by atoms with Crippen molar-refractivity contribution in [3.63, 3.8) is 0 Å². The van der Waals surface area contributed by atoms with E-state index in [0.717, 1.165) is 0 Å². The molecule has 0 saturated heterocycles. The van der Waals surface area contributed by atoms with Crippen molar-refractivity contribution >= 4 is 64.7 Å². The molecule has 0 aromatic heterocycles. The maximum absolute atomic E-state index is 0. The molecule has 5 heteroatoms. The quantitative estimate of drug-likeness (QED) is 0.517. The molecular weight excluding hydrogens is 282 g/mol. The van der Waals surface area contributed by atoms with Crippen molar-refractivity contribution in [1.82, 2.24) is 0 Å². The van der Waals surface area contributed by atoms with Gasteiger partial charge in [0.15, 0.2) is 0 Å². The molecule has 0 N–H and O–H groups in total. The van der Waals surface area contributed by atoms with Crippen LogP contribution in [0.15, 0.2) is 0 Å². The Hall–Kier alpha value is 3.51. The van der Waals surface area contributed by atoms with Crippen molar-refractivity contribution < 1.29 is 46.8 Å². The van der Waals surface area contributed by atoms with Crippen molar-refractivity contribution in [2.24, 2.45) is 0 Å². The van der Waals surface area contributed by atoms with Gasteiger partial charge in [0.2, 0.25) is 0 Å². The second-order valence-electron chi connectivity index (χ2n) is 0. The van der Waals surface area contributed by atoms with Crippen molar-refractivity contribution in [3.8, 4) is 0 Å². The van der Waals surface area contributed by atoms with Crippen molar-refractivity contribution in [2.75, 3.05) is 0 Å². The summed E-state index contributed by atoms with van der Waals surface area (Å²) in [6, 6.07) is 0. The molecular formula is H6CaCdS2Zn. The van der Waals surface area contributed by atoms with Gasteiger partial charge >= 0.3 is 37.7 Å². The fourth-order valence-electron chi connectivity index (χ4n) is 0. The van der Waals surface area contributed by atoms with Gasteiger partial charge in [-0.2, -0.15) is 27.0 Å². The average molecular weight is 288 g/mol. The number of hydrogen-bond acceptors (Lipinski definition) is 0. The molecule has 0 unspecified atom stereocenters. The molecule has 5 heavy (non-hydrogen) atoms. The Balaban J connectivity index is 0. The first-order valence-corrected chi connectivity index (χ1v) is 0. The predicted octanol–water partition coefficient (Wildman–Crippen LogP) is -0.696. The third-order valence-electron chi connectivity index (χ3n) is 0. The molecule has 0 radical (unpaired) electrons. The van der Waals surface area contributed by atoms with E-state index >= 15 is 0 Å². The van der Waals surface area contributed by atoms with E-state index < -0.39 is 0 Å². The largest absolute Gasteiger partial charge is 0 e. The van der Waals surface area contributed by atoms with Crippen molar-refractivity contribution in [1.29, 1.82) is 0 Å². The predicted molar refractivity (Wildman–Crippen MR) is 29.3 cm³/mol. The van der Waals surface area contributed by atoms with Crippen LogP contribution in [0.3, 0.4) is 0 Å². The summed E-state index contributed by atoms with van der Waals surface area (Å²) in [6.07, 6.45) is 0. The van der Waals surface area contributed by atoms with Gasteiger partial charge < -0.3 is 0 Å². The Morgan fingerprint density at radius 2 is 0.800 bits per heavy atom. The number of hydrogen-bond donors (Lipinski definition) is 0. The van der Waals surface area contributed by atoms with Crippen LogP contribution in [-0.2, 0) is 46.8 Å². The first kappa shape index (κ1) is 39.0. The van der Waals surface area contributed by atoms with Crippen LogP contribution in [-0.4, -0.2) is 37.7 Å². The van der Waals surface area contributed by atoms with Crippen LogP contribution >= 0.6 is 27.0 Å². The summed E-state index contributed by atoms with van der Waals surface area (Å²) in [6.45, 7) is 0. The minimum atomic E-state index is 0. The van der Waals surface area contributed by atoms with E-state index in [-0.39, 0.29) is 112 Å². The van der Waals surface area contributed by atoms with Gasteiger partial charge in [-0.05, 0) is 0 Å². The van der Waals surface area contributed by atoms with Gasteiger partial charge in [0, 0.05) is 46.8 Å². The second kappa shape index (κ2) is 25.8. The molecule has 0 rings (SSSR count). The van der Waals surface area contributed by atoms with E-state index in [1.165, 1.54) is 0 Å².